The largest absolute Gasteiger partial charge is 0.480 e. The first-order valence-corrected chi connectivity index (χ1v) is 4.42. The maximum atomic E-state index is 11.3. The van der Waals surface area contributed by atoms with Gasteiger partial charge in [-0.05, 0) is 4.92 Å². The monoisotopic (exact) mass is 267 g/mol. The number of nitro groups is 1. The summed E-state index contributed by atoms with van der Waals surface area (Å²) < 4.78 is 0.356. The van der Waals surface area contributed by atoms with Crippen molar-refractivity contribution in [2.75, 3.05) is 0 Å². The summed E-state index contributed by atoms with van der Waals surface area (Å²) in [7, 11) is 0. The Bertz CT molecular complexity index is 526. The number of halogens is 2. The summed E-state index contributed by atoms with van der Waals surface area (Å²) in [4.78, 5) is 31.1. The summed E-state index contributed by atoms with van der Waals surface area (Å²) >= 11 is 10.8. The highest BCUT2D eigenvalue weighted by Crippen LogP contribution is 2.25. The van der Waals surface area contributed by atoms with E-state index < -0.39 is 38.9 Å². The Morgan fingerprint density at radius 3 is 2.50 bits per heavy atom. The first-order valence-electron chi connectivity index (χ1n) is 3.67. The molecule has 10 heteroatoms. The van der Waals surface area contributed by atoms with E-state index in [1.165, 1.54) is 0 Å². The van der Waals surface area contributed by atoms with Crippen LogP contribution in [0.25, 0.3) is 0 Å². The number of aliphatic carboxylic acids is 1. The number of hydrogen-bond acceptors (Lipinski definition) is 5. The van der Waals surface area contributed by atoms with Gasteiger partial charge in [0.25, 0.3) is 0 Å². The van der Waals surface area contributed by atoms with Gasteiger partial charge in [-0.1, -0.05) is 23.2 Å². The third kappa shape index (κ3) is 2.28. The van der Waals surface area contributed by atoms with E-state index in [-0.39, 0.29) is 0 Å². The zero-order valence-corrected chi connectivity index (χ0v) is 8.90. The van der Waals surface area contributed by atoms with Crippen LogP contribution < -0.4 is 5.56 Å². The Hall–Kier alpha value is -1.67. The predicted molar refractivity (Wildman–Crippen MR) is 52.8 cm³/mol. The van der Waals surface area contributed by atoms with Crippen molar-refractivity contribution in [2.24, 2.45) is 0 Å². The van der Waals surface area contributed by atoms with Crippen molar-refractivity contribution < 1.29 is 14.8 Å². The highest BCUT2D eigenvalue weighted by molar-refractivity contribution is 6.42. The van der Waals surface area contributed by atoms with Gasteiger partial charge in [0.05, 0.1) is 5.10 Å². The molecule has 0 saturated carbocycles. The second-order valence-electron chi connectivity index (χ2n) is 2.57. The number of carboxylic acid groups (broad SMARTS) is 1. The summed E-state index contributed by atoms with van der Waals surface area (Å²) in [6.45, 7) is -0.837. The van der Waals surface area contributed by atoms with Crippen LogP contribution in [0.15, 0.2) is 4.79 Å². The summed E-state index contributed by atoms with van der Waals surface area (Å²) in [5.41, 5.74) is -1.00. The standard InChI is InChI=1S/C6H3Cl2N3O5/c7-3-4(8)6(14)10(1-2(12)13)9-5(3)11(15)16/h1H2,(H,12,13). The van der Waals surface area contributed by atoms with Gasteiger partial charge in [-0.15, -0.1) is 4.68 Å². The predicted octanol–water partition coefficient (Wildman–Crippen LogP) is 0.543. The topological polar surface area (TPSA) is 115 Å². The van der Waals surface area contributed by atoms with E-state index in [4.69, 9.17) is 28.3 Å². The van der Waals surface area contributed by atoms with Gasteiger partial charge in [0.2, 0.25) is 0 Å². The molecule has 1 rings (SSSR count). The molecular weight excluding hydrogens is 265 g/mol. The number of carbonyl (C=O) groups is 1. The van der Waals surface area contributed by atoms with E-state index in [0.717, 1.165) is 0 Å². The van der Waals surface area contributed by atoms with Gasteiger partial charge in [0.1, 0.15) is 5.02 Å². The lowest BCUT2D eigenvalue weighted by atomic mass is 10.5. The third-order valence-corrected chi connectivity index (χ3v) is 2.29. The first-order chi connectivity index (χ1) is 7.34. The summed E-state index contributed by atoms with van der Waals surface area (Å²) in [6, 6.07) is 0. The lowest BCUT2D eigenvalue weighted by Crippen LogP contribution is -2.28. The number of carboxylic acids is 1. The second-order valence-corrected chi connectivity index (χ2v) is 3.32. The van der Waals surface area contributed by atoms with E-state index in [1.807, 2.05) is 0 Å². The van der Waals surface area contributed by atoms with Crippen LogP contribution in [0.2, 0.25) is 10.0 Å². The van der Waals surface area contributed by atoms with E-state index in [1.54, 1.807) is 0 Å². The SMILES string of the molecule is O=C(O)Cn1nc([N+](=O)[O-])c(Cl)c(Cl)c1=O. The number of nitrogens with zero attached hydrogens (tertiary/aromatic N) is 3. The van der Waals surface area contributed by atoms with E-state index in [2.05, 4.69) is 5.10 Å². The van der Waals surface area contributed by atoms with Crippen LogP contribution in [0.4, 0.5) is 5.82 Å². The van der Waals surface area contributed by atoms with E-state index in [9.17, 15) is 19.7 Å². The van der Waals surface area contributed by atoms with Crippen molar-refractivity contribution in [3.63, 3.8) is 0 Å². The zero-order chi connectivity index (χ0) is 12.5. The lowest BCUT2D eigenvalue weighted by Gasteiger charge is -2.00. The van der Waals surface area contributed by atoms with Gasteiger partial charge in [-0.25, -0.2) is 0 Å². The van der Waals surface area contributed by atoms with Crippen molar-refractivity contribution in [1.82, 2.24) is 9.78 Å². The van der Waals surface area contributed by atoms with Crippen LogP contribution in [0.5, 0.6) is 0 Å². The van der Waals surface area contributed by atoms with Crippen LogP contribution in [0.3, 0.4) is 0 Å². The van der Waals surface area contributed by atoms with Crippen molar-refractivity contribution in [2.45, 2.75) is 6.54 Å². The normalized spacial score (nSPS) is 10.1. The van der Waals surface area contributed by atoms with Crippen LogP contribution in [-0.4, -0.2) is 25.8 Å². The Balaban J connectivity index is 3.47. The minimum atomic E-state index is -1.39. The molecule has 1 heterocycles. The second kappa shape index (κ2) is 4.45. The highest BCUT2D eigenvalue weighted by atomic mass is 35.5. The Morgan fingerprint density at radius 1 is 1.50 bits per heavy atom. The highest BCUT2D eigenvalue weighted by Gasteiger charge is 2.24. The van der Waals surface area contributed by atoms with Gasteiger partial charge < -0.3 is 15.2 Å². The molecule has 0 radical (unpaired) electrons. The number of rotatable bonds is 3. The molecule has 0 fully saturated rings. The third-order valence-electron chi connectivity index (χ3n) is 1.48. The molecule has 0 aliphatic rings. The van der Waals surface area contributed by atoms with Crippen LogP contribution in [0.1, 0.15) is 0 Å². The fourth-order valence-corrected chi connectivity index (χ4v) is 1.23. The van der Waals surface area contributed by atoms with E-state index >= 15 is 0 Å². The summed E-state index contributed by atoms with van der Waals surface area (Å²) in [5.74, 6) is -2.25. The van der Waals surface area contributed by atoms with Crippen molar-refractivity contribution >= 4 is 35.0 Å². The smallest absolute Gasteiger partial charge is 0.408 e. The molecule has 86 valence electrons. The van der Waals surface area contributed by atoms with Gasteiger partial charge in [-0.3, -0.25) is 9.59 Å². The maximum absolute atomic E-state index is 11.3. The molecule has 16 heavy (non-hydrogen) atoms. The Labute approximate surface area is 97.2 Å². The van der Waals surface area contributed by atoms with Gasteiger partial charge in [0, 0.05) is 0 Å². The van der Waals surface area contributed by atoms with Crippen LogP contribution in [0, 0.1) is 10.1 Å². The van der Waals surface area contributed by atoms with Gasteiger partial charge >= 0.3 is 17.3 Å². The Morgan fingerprint density at radius 2 is 2.06 bits per heavy atom. The molecule has 0 spiro atoms. The summed E-state index contributed by atoms with van der Waals surface area (Å²) in [6.07, 6.45) is 0. The van der Waals surface area contributed by atoms with Crippen molar-refractivity contribution in [3.05, 3.63) is 30.5 Å². The minimum Gasteiger partial charge on any atom is -0.480 e. The fraction of sp³-hybridized carbons (Fsp3) is 0.167. The average molecular weight is 268 g/mol. The zero-order valence-electron chi connectivity index (χ0n) is 7.38. The molecule has 0 atom stereocenters. The lowest BCUT2D eigenvalue weighted by molar-refractivity contribution is -0.390. The number of aromatic nitrogens is 2. The molecule has 1 N–H and O–H groups in total. The molecule has 0 bridgehead atoms. The molecule has 1 aromatic heterocycles. The number of hydrogen-bond donors (Lipinski definition) is 1. The average Bonchev–Trinajstić information content (AvgIpc) is 2.18. The van der Waals surface area contributed by atoms with Crippen LogP contribution >= 0.6 is 23.2 Å². The maximum Gasteiger partial charge on any atom is 0.408 e. The quantitative estimate of drug-likeness (QED) is 0.631. The van der Waals surface area contributed by atoms with Crippen LogP contribution in [-0.2, 0) is 11.3 Å². The fourth-order valence-electron chi connectivity index (χ4n) is 0.861. The van der Waals surface area contributed by atoms with Gasteiger partial charge in [-0.2, -0.15) is 0 Å². The van der Waals surface area contributed by atoms with Gasteiger partial charge in [0.15, 0.2) is 11.6 Å². The molecule has 8 nitrogen and oxygen atoms in total. The van der Waals surface area contributed by atoms with E-state index in [0.29, 0.717) is 4.68 Å². The minimum absolute atomic E-state index is 0.356. The molecule has 0 aromatic carbocycles. The molecule has 0 saturated heterocycles. The summed E-state index contributed by atoms with van der Waals surface area (Å²) in [5, 5.41) is 20.8. The molecule has 1 aromatic rings. The Kier molecular flexibility index (Phi) is 3.45. The van der Waals surface area contributed by atoms with Crippen molar-refractivity contribution in [3.8, 4) is 0 Å². The molecule has 0 amide bonds. The van der Waals surface area contributed by atoms with Crippen molar-refractivity contribution in [1.29, 1.82) is 0 Å². The molecule has 0 unspecified atom stereocenters. The first kappa shape index (κ1) is 12.4. The molecular formula is C6H3Cl2N3O5. The molecule has 0 aliphatic heterocycles. The molecule has 0 aliphatic carbocycles.